The number of nitrogens with one attached hydrogen (secondary N) is 1. The zero-order chi connectivity index (χ0) is 19.1. The average molecular weight is 398 g/mol. The number of nitrogen functional groups attached to an aromatic ring is 2. The van der Waals surface area contributed by atoms with Crippen molar-refractivity contribution in [2.24, 2.45) is 0 Å². The second-order valence-corrected chi connectivity index (χ2v) is 8.12. The Kier molecular flexibility index (Phi) is 4.17. The first-order valence-corrected chi connectivity index (χ1v) is 9.53. The van der Waals surface area contributed by atoms with Crippen LogP contribution in [0, 0.1) is 6.92 Å². The molecule has 4 rings (SSSR count). The van der Waals surface area contributed by atoms with E-state index in [0.29, 0.717) is 38.0 Å². The second kappa shape index (κ2) is 6.53. The van der Waals surface area contributed by atoms with Crippen LogP contribution in [0.5, 0.6) is 0 Å². The number of aryl methyl sites for hydroxylation is 1. The lowest BCUT2D eigenvalue weighted by atomic mass is 10.1. The Morgan fingerprint density at radius 2 is 1.74 bits per heavy atom. The summed E-state index contributed by atoms with van der Waals surface area (Å²) in [5.41, 5.74) is 13.5. The third-order valence-corrected chi connectivity index (χ3v) is 6.44. The van der Waals surface area contributed by atoms with Crippen LogP contribution in [-0.2, 0) is 0 Å². The Morgan fingerprint density at radius 1 is 1.07 bits per heavy atom. The zero-order valence-corrected chi connectivity index (χ0v) is 15.7. The van der Waals surface area contributed by atoms with Gasteiger partial charge in [0.2, 0.25) is 5.78 Å². The molecule has 0 saturated carbocycles. The van der Waals surface area contributed by atoms with Gasteiger partial charge in [0.1, 0.15) is 15.5 Å². The van der Waals surface area contributed by atoms with Crippen molar-refractivity contribution in [3.8, 4) is 0 Å². The molecule has 1 aromatic carbocycles. The van der Waals surface area contributed by atoms with Crippen molar-refractivity contribution >= 4 is 61.0 Å². The van der Waals surface area contributed by atoms with Crippen molar-refractivity contribution in [2.75, 3.05) is 16.8 Å². The first-order valence-electron chi connectivity index (χ1n) is 7.90. The van der Waals surface area contributed by atoms with Gasteiger partial charge in [-0.25, -0.2) is 0 Å². The lowest BCUT2D eigenvalue weighted by Gasteiger charge is -2.02. The first-order chi connectivity index (χ1) is 13.0. The normalized spacial score (nSPS) is 11.0. The summed E-state index contributed by atoms with van der Waals surface area (Å²) in [6.07, 6.45) is 0. The van der Waals surface area contributed by atoms with Crippen molar-refractivity contribution in [1.82, 2.24) is 5.16 Å². The van der Waals surface area contributed by atoms with Crippen molar-refractivity contribution in [1.29, 1.82) is 0 Å². The molecular formula is C18H14N4O3S2. The highest BCUT2D eigenvalue weighted by molar-refractivity contribution is 7.40. The van der Waals surface area contributed by atoms with Crippen molar-refractivity contribution < 1.29 is 14.1 Å². The molecule has 0 saturated heterocycles. The third-order valence-electron chi connectivity index (χ3n) is 3.94. The molecule has 0 aliphatic rings. The number of fused-ring (bicyclic) bond motifs is 1. The van der Waals surface area contributed by atoms with E-state index in [1.807, 2.05) is 6.07 Å². The molecule has 7 nitrogen and oxygen atoms in total. The number of carbonyl (C=O) groups is 2. The van der Waals surface area contributed by atoms with Crippen molar-refractivity contribution in [3.63, 3.8) is 0 Å². The predicted molar refractivity (Wildman–Crippen MR) is 108 cm³/mol. The summed E-state index contributed by atoms with van der Waals surface area (Å²) in [5.74, 6) is 0.329. The van der Waals surface area contributed by atoms with Crippen LogP contribution in [0.4, 0.5) is 17.2 Å². The van der Waals surface area contributed by atoms with Crippen LogP contribution < -0.4 is 16.8 Å². The van der Waals surface area contributed by atoms with Crippen LogP contribution in [-0.4, -0.2) is 16.8 Å². The summed E-state index contributed by atoms with van der Waals surface area (Å²) in [5, 5.41) is 6.91. The van der Waals surface area contributed by atoms with E-state index in [2.05, 4.69) is 10.5 Å². The molecule has 0 spiro atoms. The number of thiophene rings is 2. The van der Waals surface area contributed by atoms with Gasteiger partial charge in [-0.3, -0.25) is 9.59 Å². The van der Waals surface area contributed by atoms with Crippen LogP contribution in [0.15, 0.2) is 40.9 Å². The number of nitrogens with zero attached hydrogens (tertiary/aromatic N) is 1. The largest absolute Gasteiger partial charge is 0.397 e. The Bertz CT molecular complexity index is 1170. The molecule has 1 amide bonds. The number of anilines is 3. The van der Waals surface area contributed by atoms with Gasteiger partial charge in [-0.05, 0) is 6.92 Å². The molecule has 0 atom stereocenters. The van der Waals surface area contributed by atoms with E-state index in [-0.39, 0.29) is 11.5 Å². The topological polar surface area (TPSA) is 124 Å². The number of aromatic nitrogens is 1. The van der Waals surface area contributed by atoms with E-state index in [0.717, 1.165) is 4.01 Å². The SMILES string of the molecule is Cc1cc(NC(=O)c2sc3sc(C(=O)c4ccccc4)c(N)c3c2N)no1. The molecule has 0 radical (unpaired) electrons. The highest BCUT2D eigenvalue weighted by Gasteiger charge is 2.25. The summed E-state index contributed by atoms with van der Waals surface area (Å²) < 4.78 is 5.66. The number of hydrogen-bond donors (Lipinski definition) is 3. The van der Waals surface area contributed by atoms with Crippen molar-refractivity contribution in [2.45, 2.75) is 6.92 Å². The van der Waals surface area contributed by atoms with E-state index in [1.54, 1.807) is 37.3 Å². The second-order valence-electron chi connectivity index (χ2n) is 5.82. The maximum Gasteiger partial charge on any atom is 0.269 e. The molecule has 0 fully saturated rings. The number of carbonyl (C=O) groups excluding carboxylic acids is 2. The fraction of sp³-hybridized carbons (Fsp3) is 0.0556. The maximum atomic E-state index is 12.7. The molecule has 0 aliphatic heterocycles. The number of rotatable bonds is 4. The van der Waals surface area contributed by atoms with Gasteiger partial charge >= 0.3 is 0 Å². The quantitative estimate of drug-likeness (QED) is 0.448. The minimum absolute atomic E-state index is 0.162. The first kappa shape index (κ1) is 17.3. The minimum Gasteiger partial charge on any atom is -0.397 e. The molecule has 0 bridgehead atoms. The molecule has 136 valence electrons. The number of benzene rings is 1. The van der Waals surface area contributed by atoms with Crippen LogP contribution in [0.3, 0.4) is 0 Å². The summed E-state index contributed by atoms with van der Waals surface area (Å²) in [4.78, 5) is 25.9. The number of nitrogens with two attached hydrogens (primary N) is 2. The van der Waals surface area contributed by atoms with E-state index in [9.17, 15) is 9.59 Å². The average Bonchev–Trinajstić information content (AvgIpc) is 3.31. The maximum absolute atomic E-state index is 12.7. The molecule has 0 unspecified atom stereocenters. The Morgan fingerprint density at radius 3 is 2.37 bits per heavy atom. The van der Waals surface area contributed by atoms with E-state index in [1.165, 1.54) is 22.7 Å². The zero-order valence-electron chi connectivity index (χ0n) is 14.1. The van der Waals surface area contributed by atoms with Crippen LogP contribution >= 0.6 is 22.7 Å². The van der Waals surface area contributed by atoms with Crippen LogP contribution in [0.2, 0.25) is 0 Å². The van der Waals surface area contributed by atoms with Gasteiger partial charge in [-0.15, -0.1) is 22.7 Å². The van der Waals surface area contributed by atoms with Crippen LogP contribution in [0.25, 0.3) is 9.40 Å². The summed E-state index contributed by atoms with van der Waals surface area (Å²) in [7, 11) is 0. The van der Waals surface area contributed by atoms with Gasteiger partial charge < -0.3 is 21.3 Å². The number of amides is 1. The lowest BCUT2D eigenvalue weighted by Crippen LogP contribution is -2.12. The molecule has 0 aliphatic carbocycles. The smallest absolute Gasteiger partial charge is 0.269 e. The fourth-order valence-corrected chi connectivity index (χ4v) is 5.13. The predicted octanol–water partition coefficient (Wildman–Crippen LogP) is 3.91. The summed E-state index contributed by atoms with van der Waals surface area (Å²) >= 11 is 2.44. The van der Waals surface area contributed by atoms with Gasteiger partial charge in [-0.1, -0.05) is 35.5 Å². The summed E-state index contributed by atoms with van der Waals surface area (Å²) in [6.45, 7) is 1.73. The van der Waals surface area contributed by atoms with Gasteiger partial charge in [0.25, 0.3) is 5.91 Å². The Balaban J connectivity index is 1.69. The van der Waals surface area contributed by atoms with Gasteiger partial charge in [-0.2, -0.15) is 0 Å². The number of hydrogen-bond acceptors (Lipinski definition) is 8. The highest BCUT2D eigenvalue weighted by atomic mass is 32.2. The molecule has 5 N–H and O–H groups in total. The van der Waals surface area contributed by atoms with Crippen molar-refractivity contribution in [3.05, 3.63) is 57.5 Å². The van der Waals surface area contributed by atoms with Crippen LogP contribution in [0.1, 0.15) is 30.7 Å². The molecular weight excluding hydrogens is 384 g/mol. The van der Waals surface area contributed by atoms with Gasteiger partial charge in [0.15, 0.2) is 5.82 Å². The van der Waals surface area contributed by atoms with E-state index >= 15 is 0 Å². The molecule has 9 heteroatoms. The molecule has 27 heavy (non-hydrogen) atoms. The molecule has 4 aromatic rings. The van der Waals surface area contributed by atoms with E-state index in [4.69, 9.17) is 16.0 Å². The Labute approximate surface area is 161 Å². The summed E-state index contributed by atoms with van der Waals surface area (Å²) in [6, 6.07) is 10.5. The van der Waals surface area contributed by atoms with Gasteiger partial charge in [0.05, 0.1) is 20.8 Å². The van der Waals surface area contributed by atoms with E-state index < -0.39 is 5.91 Å². The monoisotopic (exact) mass is 398 g/mol. The Hall–Kier alpha value is -3.17. The standard InChI is InChI=1S/C18H14N4O3S2/c1-8-7-10(22-25-8)21-17(24)16-13(20)11-12(19)15(26-18(11)27-16)14(23)9-5-3-2-4-6-9/h2-7H,19-20H2,1H3,(H,21,22,24). The number of ketones is 1. The fourth-order valence-electron chi connectivity index (χ4n) is 2.67. The lowest BCUT2D eigenvalue weighted by molar-refractivity contribution is 0.102. The van der Waals surface area contributed by atoms with Gasteiger partial charge in [0, 0.05) is 11.6 Å². The molecule has 3 heterocycles. The highest BCUT2D eigenvalue weighted by Crippen LogP contribution is 2.45. The minimum atomic E-state index is -0.399. The molecule has 3 aromatic heterocycles. The third kappa shape index (κ3) is 2.96.